The van der Waals surface area contributed by atoms with Gasteiger partial charge in [-0.05, 0) is 56.3 Å². The standard InChI is InChI=1S/C26H24ClFN4O2/c1-26(2,34)23(14-18-6-3-4-13-29-18)30-25(33)19-7-5-8-20(28)24(19)22-15-21(31-32-22)16-9-11-17(27)12-10-16/h3-13,15,23,34H,14H2,1-2H3,(H,30,33)(H,31,32). The highest BCUT2D eigenvalue weighted by molar-refractivity contribution is 6.30. The molecule has 2 heterocycles. The van der Waals surface area contributed by atoms with E-state index in [2.05, 4.69) is 20.5 Å². The molecule has 2 aromatic heterocycles. The van der Waals surface area contributed by atoms with E-state index in [1.807, 2.05) is 24.3 Å². The summed E-state index contributed by atoms with van der Waals surface area (Å²) in [6.45, 7) is 3.22. The molecule has 0 radical (unpaired) electrons. The first-order valence-electron chi connectivity index (χ1n) is 10.8. The number of carbonyl (C=O) groups excluding carboxylic acids is 1. The number of nitrogens with one attached hydrogen (secondary N) is 2. The van der Waals surface area contributed by atoms with Gasteiger partial charge in [0.15, 0.2) is 0 Å². The first kappa shape index (κ1) is 23.6. The van der Waals surface area contributed by atoms with Gasteiger partial charge < -0.3 is 10.4 Å². The number of nitrogens with zero attached hydrogens (tertiary/aromatic N) is 2. The largest absolute Gasteiger partial charge is 0.388 e. The first-order valence-corrected chi connectivity index (χ1v) is 11.1. The maximum absolute atomic E-state index is 15.0. The number of carbonyl (C=O) groups is 1. The Bertz CT molecular complexity index is 1280. The van der Waals surface area contributed by atoms with Crippen LogP contribution in [0.15, 0.2) is 72.9 Å². The van der Waals surface area contributed by atoms with Crippen LogP contribution in [-0.4, -0.2) is 37.8 Å². The van der Waals surface area contributed by atoms with Gasteiger partial charge in [-0.1, -0.05) is 35.9 Å². The topological polar surface area (TPSA) is 90.9 Å². The number of hydrogen-bond donors (Lipinski definition) is 3. The summed E-state index contributed by atoms with van der Waals surface area (Å²) in [5.74, 6) is -1.08. The lowest BCUT2D eigenvalue weighted by Crippen LogP contribution is -2.50. The SMILES string of the molecule is CC(C)(O)C(Cc1ccccn1)NC(=O)c1cccc(F)c1-c1cc(-c2ccc(Cl)cc2)n[nH]1. The van der Waals surface area contributed by atoms with Crippen molar-refractivity contribution in [1.82, 2.24) is 20.5 Å². The number of aliphatic hydroxyl groups is 1. The third-order valence-electron chi connectivity index (χ3n) is 5.54. The van der Waals surface area contributed by atoms with Gasteiger partial charge in [-0.3, -0.25) is 14.9 Å². The average molecular weight is 479 g/mol. The van der Waals surface area contributed by atoms with Crippen LogP contribution in [0.1, 0.15) is 29.9 Å². The van der Waals surface area contributed by atoms with Crippen molar-refractivity contribution in [3.05, 3.63) is 95.0 Å². The summed E-state index contributed by atoms with van der Waals surface area (Å²) in [6.07, 6.45) is 1.96. The van der Waals surface area contributed by atoms with Gasteiger partial charge in [0.2, 0.25) is 0 Å². The van der Waals surface area contributed by atoms with E-state index in [1.165, 1.54) is 12.1 Å². The molecule has 1 atom stereocenters. The molecular weight excluding hydrogens is 455 g/mol. The van der Waals surface area contributed by atoms with Crippen molar-refractivity contribution < 1.29 is 14.3 Å². The summed E-state index contributed by atoms with van der Waals surface area (Å²) in [6, 6.07) is 17.9. The summed E-state index contributed by atoms with van der Waals surface area (Å²) < 4.78 is 15.0. The molecule has 0 aliphatic rings. The minimum Gasteiger partial charge on any atom is -0.388 e. The third kappa shape index (κ3) is 5.32. The Balaban J connectivity index is 1.65. The van der Waals surface area contributed by atoms with Crippen LogP contribution in [0.5, 0.6) is 0 Å². The minimum absolute atomic E-state index is 0.0973. The number of halogens is 2. The summed E-state index contributed by atoms with van der Waals surface area (Å²) in [7, 11) is 0. The molecular formula is C26H24ClFN4O2. The quantitative estimate of drug-likeness (QED) is 0.347. The van der Waals surface area contributed by atoms with Crippen LogP contribution in [0, 0.1) is 5.82 Å². The van der Waals surface area contributed by atoms with Crippen LogP contribution < -0.4 is 5.32 Å². The number of rotatable bonds is 7. The number of benzene rings is 2. The highest BCUT2D eigenvalue weighted by Gasteiger charge is 2.30. The molecule has 0 bridgehead atoms. The van der Waals surface area contributed by atoms with Gasteiger partial charge in [0, 0.05) is 34.5 Å². The lowest BCUT2D eigenvalue weighted by molar-refractivity contribution is 0.0347. The highest BCUT2D eigenvalue weighted by Crippen LogP contribution is 2.29. The number of H-pyrrole nitrogens is 1. The molecule has 0 fully saturated rings. The Labute approximate surface area is 201 Å². The lowest BCUT2D eigenvalue weighted by atomic mass is 9.93. The maximum atomic E-state index is 15.0. The van der Waals surface area contributed by atoms with Crippen LogP contribution in [0.2, 0.25) is 5.02 Å². The fourth-order valence-electron chi connectivity index (χ4n) is 3.65. The van der Waals surface area contributed by atoms with E-state index in [0.717, 1.165) is 11.3 Å². The molecule has 4 aromatic rings. The predicted octanol–water partition coefficient (Wildman–Crippen LogP) is 5.04. The van der Waals surface area contributed by atoms with Gasteiger partial charge in [-0.25, -0.2) is 4.39 Å². The highest BCUT2D eigenvalue weighted by atomic mass is 35.5. The summed E-state index contributed by atoms with van der Waals surface area (Å²) in [5, 5.41) is 21.2. The van der Waals surface area contributed by atoms with E-state index < -0.39 is 23.4 Å². The van der Waals surface area contributed by atoms with Gasteiger partial charge in [-0.2, -0.15) is 5.10 Å². The normalized spacial score (nSPS) is 12.4. The number of hydrogen-bond acceptors (Lipinski definition) is 4. The zero-order valence-corrected chi connectivity index (χ0v) is 19.5. The van der Waals surface area contributed by atoms with Gasteiger partial charge in [0.1, 0.15) is 5.82 Å². The maximum Gasteiger partial charge on any atom is 0.252 e. The molecule has 4 rings (SSSR count). The second-order valence-electron chi connectivity index (χ2n) is 8.54. The Morgan fingerprint density at radius 2 is 1.91 bits per heavy atom. The smallest absolute Gasteiger partial charge is 0.252 e. The Hall–Kier alpha value is -3.55. The van der Waals surface area contributed by atoms with Crippen LogP contribution in [-0.2, 0) is 6.42 Å². The fraction of sp³-hybridized carbons (Fsp3) is 0.192. The van der Waals surface area contributed by atoms with Gasteiger partial charge in [0.05, 0.1) is 28.6 Å². The summed E-state index contributed by atoms with van der Waals surface area (Å²) in [4.78, 5) is 17.6. The van der Waals surface area contributed by atoms with Crippen LogP contribution in [0.3, 0.4) is 0 Å². The van der Waals surface area contributed by atoms with E-state index in [-0.39, 0.29) is 11.1 Å². The molecule has 174 valence electrons. The van der Waals surface area contributed by atoms with Crippen molar-refractivity contribution >= 4 is 17.5 Å². The molecule has 8 heteroatoms. The predicted molar refractivity (Wildman–Crippen MR) is 130 cm³/mol. The van der Waals surface area contributed by atoms with Crippen LogP contribution >= 0.6 is 11.6 Å². The monoisotopic (exact) mass is 478 g/mol. The van der Waals surface area contributed by atoms with Gasteiger partial charge >= 0.3 is 0 Å². The number of pyridine rings is 1. The van der Waals surface area contributed by atoms with Crippen molar-refractivity contribution in [2.24, 2.45) is 0 Å². The van der Waals surface area contributed by atoms with E-state index in [9.17, 15) is 14.3 Å². The van der Waals surface area contributed by atoms with Gasteiger partial charge in [-0.15, -0.1) is 0 Å². The molecule has 0 spiro atoms. The molecule has 0 saturated carbocycles. The molecule has 0 aliphatic heterocycles. The zero-order valence-electron chi connectivity index (χ0n) is 18.7. The van der Waals surface area contributed by atoms with Crippen molar-refractivity contribution in [2.75, 3.05) is 0 Å². The van der Waals surface area contributed by atoms with E-state index >= 15 is 0 Å². The average Bonchev–Trinajstić information content (AvgIpc) is 3.28. The van der Waals surface area contributed by atoms with Crippen molar-refractivity contribution in [3.8, 4) is 22.5 Å². The summed E-state index contributed by atoms with van der Waals surface area (Å²) >= 11 is 5.96. The first-order chi connectivity index (χ1) is 16.2. The fourth-order valence-corrected chi connectivity index (χ4v) is 3.77. The molecule has 0 saturated heterocycles. The molecule has 3 N–H and O–H groups in total. The van der Waals surface area contributed by atoms with Crippen molar-refractivity contribution in [1.29, 1.82) is 0 Å². The second kappa shape index (κ2) is 9.75. The number of amides is 1. The van der Waals surface area contributed by atoms with E-state index in [0.29, 0.717) is 22.8 Å². The number of aromatic nitrogens is 3. The Kier molecular flexibility index (Phi) is 6.77. The molecule has 1 amide bonds. The second-order valence-corrected chi connectivity index (χ2v) is 8.98. The summed E-state index contributed by atoms with van der Waals surface area (Å²) in [5.41, 5.74) is 1.45. The van der Waals surface area contributed by atoms with Crippen molar-refractivity contribution in [2.45, 2.75) is 31.9 Å². The molecule has 0 aliphatic carbocycles. The lowest BCUT2D eigenvalue weighted by Gasteiger charge is -2.30. The van der Waals surface area contributed by atoms with Gasteiger partial charge in [0.25, 0.3) is 5.91 Å². The third-order valence-corrected chi connectivity index (χ3v) is 5.79. The van der Waals surface area contributed by atoms with E-state index in [1.54, 1.807) is 50.4 Å². The molecule has 2 aromatic carbocycles. The minimum atomic E-state index is -1.24. The van der Waals surface area contributed by atoms with Crippen LogP contribution in [0.25, 0.3) is 22.5 Å². The van der Waals surface area contributed by atoms with Crippen molar-refractivity contribution in [3.63, 3.8) is 0 Å². The number of aromatic amines is 1. The van der Waals surface area contributed by atoms with Crippen LogP contribution in [0.4, 0.5) is 4.39 Å². The molecule has 6 nitrogen and oxygen atoms in total. The zero-order chi connectivity index (χ0) is 24.3. The molecule has 1 unspecified atom stereocenters. The Morgan fingerprint density at radius 1 is 1.15 bits per heavy atom. The molecule has 34 heavy (non-hydrogen) atoms. The van der Waals surface area contributed by atoms with E-state index in [4.69, 9.17) is 11.6 Å². The Morgan fingerprint density at radius 3 is 2.59 bits per heavy atom.